The third-order valence-electron chi connectivity index (χ3n) is 4.74. The van der Waals surface area contributed by atoms with Crippen LogP contribution in [-0.2, 0) is 4.74 Å². The molecule has 7 heteroatoms. The summed E-state index contributed by atoms with van der Waals surface area (Å²) in [6.07, 6.45) is 1.60. The van der Waals surface area contributed by atoms with Gasteiger partial charge in [-0.1, -0.05) is 11.6 Å². The molecule has 0 unspecified atom stereocenters. The van der Waals surface area contributed by atoms with E-state index in [1.54, 1.807) is 6.07 Å². The number of fused-ring (bicyclic) bond motifs is 1. The van der Waals surface area contributed by atoms with Gasteiger partial charge in [0.25, 0.3) is 6.01 Å². The molecule has 2 aliphatic rings. The van der Waals surface area contributed by atoms with Crippen molar-refractivity contribution in [2.24, 2.45) is 5.41 Å². The summed E-state index contributed by atoms with van der Waals surface area (Å²) in [6, 6.07) is 6.29. The molecular weight excluding hydrogens is 342 g/mol. The van der Waals surface area contributed by atoms with Crippen LogP contribution < -0.4 is 10.2 Å². The van der Waals surface area contributed by atoms with Gasteiger partial charge in [0.15, 0.2) is 5.58 Å². The summed E-state index contributed by atoms with van der Waals surface area (Å²) < 4.78 is 11.1. The van der Waals surface area contributed by atoms with Crippen LogP contribution in [0.15, 0.2) is 22.6 Å². The summed E-state index contributed by atoms with van der Waals surface area (Å²) in [5.74, 6) is 0. The molecule has 134 valence electrons. The van der Waals surface area contributed by atoms with Crippen molar-refractivity contribution in [3.05, 3.63) is 23.2 Å². The number of anilines is 1. The zero-order valence-electron chi connectivity index (χ0n) is 14.6. The normalized spacial score (nSPS) is 19.6. The summed E-state index contributed by atoms with van der Waals surface area (Å²) in [4.78, 5) is 18.5. The monoisotopic (exact) mass is 363 g/mol. The van der Waals surface area contributed by atoms with E-state index in [1.807, 2.05) is 32.9 Å². The Balaban J connectivity index is 1.30. The quantitative estimate of drug-likeness (QED) is 0.874. The van der Waals surface area contributed by atoms with Gasteiger partial charge in [0.05, 0.1) is 0 Å². The number of hydrogen-bond acceptors (Lipinski definition) is 5. The minimum Gasteiger partial charge on any atom is -0.444 e. The van der Waals surface area contributed by atoms with Crippen LogP contribution in [0.5, 0.6) is 0 Å². The molecule has 1 aromatic heterocycles. The summed E-state index contributed by atoms with van der Waals surface area (Å²) in [5.41, 5.74) is 1.33. The molecule has 1 saturated heterocycles. The molecule has 1 aliphatic carbocycles. The Morgan fingerprint density at radius 2 is 2.12 bits per heavy atom. The van der Waals surface area contributed by atoms with Gasteiger partial charge in [-0.05, 0) is 51.8 Å². The molecule has 4 rings (SSSR count). The number of rotatable bonds is 2. The molecule has 1 spiro atoms. The molecule has 2 fully saturated rings. The Morgan fingerprint density at radius 3 is 2.80 bits per heavy atom. The van der Waals surface area contributed by atoms with E-state index in [1.165, 1.54) is 0 Å². The van der Waals surface area contributed by atoms with Crippen LogP contribution in [0.3, 0.4) is 0 Å². The number of carbonyl (C=O) groups excluding carboxylic acids is 1. The first kappa shape index (κ1) is 16.5. The number of carbonyl (C=O) groups is 1. The number of oxazole rings is 1. The highest BCUT2D eigenvalue weighted by atomic mass is 35.5. The smallest absolute Gasteiger partial charge is 0.407 e. The minimum atomic E-state index is -0.464. The number of aromatic nitrogens is 1. The second kappa shape index (κ2) is 5.53. The first-order valence-electron chi connectivity index (χ1n) is 8.52. The van der Waals surface area contributed by atoms with Crippen LogP contribution in [0.1, 0.15) is 33.6 Å². The zero-order chi connectivity index (χ0) is 17.8. The largest absolute Gasteiger partial charge is 0.444 e. The van der Waals surface area contributed by atoms with Crippen LogP contribution >= 0.6 is 11.6 Å². The lowest BCUT2D eigenvalue weighted by Gasteiger charge is -2.58. The fourth-order valence-corrected chi connectivity index (χ4v) is 3.91. The Kier molecular flexibility index (Phi) is 3.65. The highest BCUT2D eigenvalue weighted by molar-refractivity contribution is 6.31. The molecule has 6 nitrogen and oxygen atoms in total. The molecule has 0 radical (unpaired) electrons. The van der Waals surface area contributed by atoms with E-state index in [0.29, 0.717) is 11.0 Å². The SMILES string of the molecule is CC(C)(C)OC(=O)NC1CC2(C1)CN(c1nc3cc(Cl)ccc3o1)C2. The first-order valence-corrected chi connectivity index (χ1v) is 8.90. The van der Waals surface area contributed by atoms with Crippen molar-refractivity contribution in [2.45, 2.75) is 45.3 Å². The Hall–Kier alpha value is -1.95. The Bertz CT molecular complexity index is 813. The van der Waals surface area contributed by atoms with Crippen molar-refractivity contribution in [1.29, 1.82) is 0 Å². The molecule has 1 N–H and O–H groups in total. The molecule has 1 aromatic carbocycles. The van der Waals surface area contributed by atoms with E-state index >= 15 is 0 Å². The van der Waals surface area contributed by atoms with Crippen molar-refractivity contribution < 1.29 is 13.9 Å². The van der Waals surface area contributed by atoms with E-state index in [4.69, 9.17) is 20.8 Å². The molecule has 2 heterocycles. The van der Waals surface area contributed by atoms with E-state index < -0.39 is 5.60 Å². The summed E-state index contributed by atoms with van der Waals surface area (Å²) >= 11 is 5.99. The standard InChI is InChI=1S/C18H22ClN3O3/c1-17(2,3)25-16(23)20-12-7-18(8-12)9-22(10-18)15-21-13-6-11(19)4-5-14(13)24-15/h4-6,12H,7-10H2,1-3H3,(H,20,23). The maximum atomic E-state index is 11.8. The molecule has 1 saturated carbocycles. The molecule has 0 bridgehead atoms. The third kappa shape index (κ3) is 3.27. The second-order valence-corrected chi connectivity index (χ2v) is 8.65. The lowest BCUT2D eigenvalue weighted by molar-refractivity contribution is 0.0201. The van der Waals surface area contributed by atoms with Crippen molar-refractivity contribution in [3.63, 3.8) is 0 Å². The van der Waals surface area contributed by atoms with Gasteiger partial charge in [0.2, 0.25) is 0 Å². The average molecular weight is 364 g/mol. The number of halogens is 1. The van der Waals surface area contributed by atoms with Gasteiger partial charge in [-0.2, -0.15) is 4.98 Å². The van der Waals surface area contributed by atoms with Crippen LogP contribution in [0.2, 0.25) is 5.02 Å². The van der Waals surface area contributed by atoms with Crippen molar-refractivity contribution in [2.75, 3.05) is 18.0 Å². The minimum absolute atomic E-state index is 0.194. The van der Waals surface area contributed by atoms with Gasteiger partial charge in [0.1, 0.15) is 11.1 Å². The first-order chi connectivity index (χ1) is 11.7. The summed E-state index contributed by atoms with van der Waals surface area (Å²) in [7, 11) is 0. The fourth-order valence-electron chi connectivity index (χ4n) is 3.74. The number of hydrogen-bond donors (Lipinski definition) is 1. The maximum absolute atomic E-state index is 11.8. The van der Waals surface area contributed by atoms with E-state index in [0.717, 1.165) is 37.0 Å². The molecule has 0 atom stereocenters. The number of amides is 1. The van der Waals surface area contributed by atoms with Gasteiger partial charge >= 0.3 is 6.09 Å². The highest BCUT2D eigenvalue weighted by Crippen LogP contribution is 2.49. The second-order valence-electron chi connectivity index (χ2n) is 8.22. The van der Waals surface area contributed by atoms with Crippen LogP contribution in [0.4, 0.5) is 10.8 Å². The number of benzene rings is 1. The number of nitrogens with one attached hydrogen (secondary N) is 1. The van der Waals surface area contributed by atoms with Crippen LogP contribution in [0, 0.1) is 5.41 Å². The zero-order valence-corrected chi connectivity index (χ0v) is 15.4. The third-order valence-corrected chi connectivity index (χ3v) is 4.98. The van der Waals surface area contributed by atoms with Gasteiger partial charge in [-0.25, -0.2) is 4.79 Å². The van der Waals surface area contributed by atoms with Crippen LogP contribution in [0.25, 0.3) is 11.1 Å². The molecule has 1 aliphatic heterocycles. The van der Waals surface area contributed by atoms with Gasteiger partial charge in [-0.3, -0.25) is 0 Å². The highest BCUT2D eigenvalue weighted by Gasteiger charge is 2.54. The van der Waals surface area contributed by atoms with Gasteiger partial charge < -0.3 is 19.4 Å². The Morgan fingerprint density at radius 1 is 1.40 bits per heavy atom. The van der Waals surface area contributed by atoms with Gasteiger partial charge in [0, 0.05) is 29.6 Å². The van der Waals surface area contributed by atoms with Crippen molar-refractivity contribution in [1.82, 2.24) is 10.3 Å². The molecule has 25 heavy (non-hydrogen) atoms. The summed E-state index contributed by atoms with van der Waals surface area (Å²) in [6.45, 7) is 7.41. The number of ether oxygens (including phenoxy) is 1. The topological polar surface area (TPSA) is 67.6 Å². The van der Waals surface area contributed by atoms with Crippen molar-refractivity contribution in [3.8, 4) is 0 Å². The van der Waals surface area contributed by atoms with E-state index in [-0.39, 0.29) is 17.6 Å². The molecule has 2 aromatic rings. The van der Waals surface area contributed by atoms with E-state index in [9.17, 15) is 4.79 Å². The molecule has 1 amide bonds. The fraction of sp³-hybridized carbons (Fsp3) is 0.556. The average Bonchev–Trinajstić information content (AvgIpc) is 2.80. The lowest BCUT2D eigenvalue weighted by Crippen LogP contribution is -2.67. The number of alkyl carbamates (subject to hydrolysis) is 1. The van der Waals surface area contributed by atoms with Crippen molar-refractivity contribution >= 4 is 34.8 Å². The predicted octanol–water partition coefficient (Wildman–Crippen LogP) is 3.97. The van der Waals surface area contributed by atoms with Crippen LogP contribution in [-0.4, -0.2) is 35.8 Å². The number of nitrogens with zero attached hydrogens (tertiary/aromatic N) is 2. The van der Waals surface area contributed by atoms with E-state index in [2.05, 4.69) is 15.2 Å². The lowest BCUT2D eigenvalue weighted by atomic mass is 9.61. The summed E-state index contributed by atoms with van der Waals surface area (Å²) in [5, 5.41) is 3.60. The maximum Gasteiger partial charge on any atom is 0.407 e. The predicted molar refractivity (Wildman–Crippen MR) is 96.1 cm³/mol. The molecular formula is C18H22ClN3O3. The van der Waals surface area contributed by atoms with Gasteiger partial charge in [-0.15, -0.1) is 0 Å². The Labute approximate surface area is 151 Å².